The van der Waals surface area contributed by atoms with Gasteiger partial charge in [0.15, 0.2) is 0 Å². The molecular weight excluding hydrogens is 328 g/mol. The molecular formula is C20H20N4O2. The third-order valence-corrected chi connectivity index (χ3v) is 4.65. The highest BCUT2D eigenvalue weighted by Gasteiger charge is 2.20. The minimum absolute atomic E-state index is 0.0542. The summed E-state index contributed by atoms with van der Waals surface area (Å²) in [5.41, 5.74) is 3.89. The topological polar surface area (TPSA) is 69.0 Å². The fourth-order valence-corrected chi connectivity index (χ4v) is 3.20. The number of nitrogens with zero attached hydrogens (tertiary/aromatic N) is 3. The Balaban J connectivity index is 1.59. The van der Waals surface area contributed by atoms with Crippen LogP contribution in [0.4, 0.5) is 5.95 Å². The monoisotopic (exact) mass is 348 g/mol. The smallest absolute Gasteiger partial charge is 0.255 e. The Morgan fingerprint density at radius 1 is 1.23 bits per heavy atom. The van der Waals surface area contributed by atoms with Gasteiger partial charge >= 0.3 is 0 Å². The standard InChI is InChI=1S/C20H20N4O2/c1-24-19(25)12-17(15-6-9-21-10-7-15)23-20(24)22-13-18-16-5-3-2-4-14(16)8-11-26-18/h2-7,9-10,12,18H,8,11,13H2,1H3,(H,22,23). The number of ether oxygens (including phenoxy) is 1. The van der Waals surface area contributed by atoms with E-state index in [1.54, 1.807) is 19.4 Å². The summed E-state index contributed by atoms with van der Waals surface area (Å²) >= 11 is 0. The van der Waals surface area contributed by atoms with E-state index in [2.05, 4.69) is 33.5 Å². The molecule has 0 spiro atoms. The predicted octanol–water partition coefficient (Wildman–Crippen LogP) is 2.57. The first kappa shape index (κ1) is 16.5. The van der Waals surface area contributed by atoms with Crippen LogP contribution in [0, 0.1) is 0 Å². The van der Waals surface area contributed by atoms with Gasteiger partial charge in [0.2, 0.25) is 5.95 Å². The Hall–Kier alpha value is -2.99. The van der Waals surface area contributed by atoms with Crippen LogP contribution in [-0.4, -0.2) is 27.7 Å². The Bertz CT molecular complexity index is 969. The molecule has 132 valence electrons. The summed E-state index contributed by atoms with van der Waals surface area (Å²) in [5, 5.41) is 3.29. The van der Waals surface area contributed by atoms with Crippen molar-refractivity contribution in [3.63, 3.8) is 0 Å². The third kappa shape index (κ3) is 3.23. The zero-order valence-electron chi connectivity index (χ0n) is 14.6. The molecule has 1 atom stereocenters. The molecule has 6 nitrogen and oxygen atoms in total. The van der Waals surface area contributed by atoms with Crippen molar-refractivity contribution in [1.82, 2.24) is 14.5 Å². The van der Waals surface area contributed by atoms with Crippen LogP contribution in [0.5, 0.6) is 0 Å². The molecule has 1 N–H and O–H groups in total. The molecule has 26 heavy (non-hydrogen) atoms. The normalized spacial score (nSPS) is 16.1. The maximum absolute atomic E-state index is 12.3. The first-order valence-electron chi connectivity index (χ1n) is 8.64. The predicted molar refractivity (Wildman–Crippen MR) is 100 cm³/mol. The molecule has 0 bridgehead atoms. The van der Waals surface area contributed by atoms with Crippen LogP contribution >= 0.6 is 0 Å². The summed E-state index contributed by atoms with van der Waals surface area (Å²) in [6, 6.07) is 13.5. The number of rotatable bonds is 4. The zero-order valence-corrected chi connectivity index (χ0v) is 14.6. The molecule has 3 heterocycles. The van der Waals surface area contributed by atoms with Gasteiger partial charge in [-0.15, -0.1) is 0 Å². The van der Waals surface area contributed by atoms with Crippen LogP contribution in [0.15, 0.2) is 59.7 Å². The molecule has 1 aliphatic rings. The van der Waals surface area contributed by atoms with Gasteiger partial charge in [-0.2, -0.15) is 0 Å². The van der Waals surface area contributed by atoms with Gasteiger partial charge in [0.05, 0.1) is 12.3 Å². The van der Waals surface area contributed by atoms with Crippen LogP contribution in [0.2, 0.25) is 0 Å². The minimum Gasteiger partial charge on any atom is -0.371 e. The van der Waals surface area contributed by atoms with Gasteiger partial charge in [-0.3, -0.25) is 14.3 Å². The molecule has 6 heteroatoms. The van der Waals surface area contributed by atoms with Gasteiger partial charge in [0, 0.05) is 37.6 Å². The minimum atomic E-state index is -0.112. The Morgan fingerprint density at radius 2 is 2.04 bits per heavy atom. The lowest BCUT2D eigenvalue weighted by molar-refractivity contribution is 0.0512. The van der Waals surface area contributed by atoms with E-state index in [1.807, 2.05) is 18.2 Å². The summed E-state index contributed by atoms with van der Waals surface area (Å²) in [6.45, 7) is 1.25. The van der Waals surface area contributed by atoms with E-state index in [9.17, 15) is 4.79 Å². The molecule has 1 unspecified atom stereocenters. The molecule has 0 saturated carbocycles. The summed E-state index contributed by atoms with van der Waals surface area (Å²) in [5.74, 6) is 0.524. The molecule has 0 radical (unpaired) electrons. The van der Waals surface area contributed by atoms with Gasteiger partial charge in [-0.05, 0) is 29.7 Å². The molecule has 2 aromatic heterocycles. The van der Waals surface area contributed by atoms with Crippen LogP contribution in [0.3, 0.4) is 0 Å². The molecule has 0 aliphatic carbocycles. The van der Waals surface area contributed by atoms with Gasteiger partial charge < -0.3 is 10.1 Å². The average molecular weight is 348 g/mol. The van der Waals surface area contributed by atoms with E-state index in [0.717, 1.165) is 12.0 Å². The van der Waals surface area contributed by atoms with E-state index >= 15 is 0 Å². The van der Waals surface area contributed by atoms with Crippen molar-refractivity contribution in [2.45, 2.75) is 12.5 Å². The number of hydrogen-bond acceptors (Lipinski definition) is 5. The summed E-state index contributed by atoms with van der Waals surface area (Å²) in [4.78, 5) is 20.9. The number of aromatic nitrogens is 3. The van der Waals surface area contributed by atoms with E-state index in [4.69, 9.17) is 4.74 Å². The second kappa shape index (κ2) is 7.09. The van der Waals surface area contributed by atoms with Gasteiger partial charge in [-0.25, -0.2) is 4.98 Å². The number of hydrogen-bond donors (Lipinski definition) is 1. The van der Waals surface area contributed by atoms with Gasteiger partial charge in [-0.1, -0.05) is 24.3 Å². The number of anilines is 1. The first-order chi connectivity index (χ1) is 12.7. The highest BCUT2D eigenvalue weighted by Crippen LogP contribution is 2.27. The Kier molecular flexibility index (Phi) is 4.50. The van der Waals surface area contributed by atoms with Crippen LogP contribution < -0.4 is 10.9 Å². The quantitative estimate of drug-likeness (QED) is 0.785. The Labute approximate surface area is 151 Å². The summed E-state index contributed by atoms with van der Waals surface area (Å²) in [7, 11) is 1.71. The molecule has 3 aromatic rings. The molecule has 1 aromatic carbocycles. The van der Waals surface area contributed by atoms with E-state index in [-0.39, 0.29) is 11.7 Å². The lowest BCUT2D eigenvalue weighted by Crippen LogP contribution is -2.27. The first-order valence-corrected chi connectivity index (χ1v) is 8.64. The molecule has 0 saturated heterocycles. The van der Waals surface area contributed by atoms with E-state index < -0.39 is 0 Å². The van der Waals surface area contributed by atoms with Crippen LogP contribution in [0.25, 0.3) is 11.3 Å². The lowest BCUT2D eigenvalue weighted by Gasteiger charge is -2.26. The van der Waals surface area contributed by atoms with Gasteiger partial charge in [0.1, 0.15) is 6.10 Å². The van der Waals surface area contributed by atoms with Crippen molar-refractivity contribution >= 4 is 5.95 Å². The fourth-order valence-electron chi connectivity index (χ4n) is 3.20. The van der Waals surface area contributed by atoms with Gasteiger partial charge in [0.25, 0.3) is 5.56 Å². The fraction of sp³-hybridized carbons (Fsp3) is 0.250. The van der Waals surface area contributed by atoms with E-state index in [1.165, 1.54) is 21.8 Å². The molecule has 1 aliphatic heterocycles. The van der Waals surface area contributed by atoms with Crippen molar-refractivity contribution in [2.75, 3.05) is 18.5 Å². The summed E-state index contributed by atoms with van der Waals surface area (Å²) < 4.78 is 7.44. The molecule has 0 amide bonds. The number of fused-ring (bicyclic) bond motifs is 1. The third-order valence-electron chi connectivity index (χ3n) is 4.65. The summed E-state index contributed by atoms with van der Waals surface area (Å²) in [6.07, 6.45) is 4.26. The van der Waals surface area contributed by atoms with Crippen molar-refractivity contribution in [2.24, 2.45) is 7.05 Å². The second-order valence-corrected chi connectivity index (χ2v) is 6.29. The zero-order chi connectivity index (χ0) is 17.9. The number of nitrogens with one attached hydrogen (secondary N) is 1. The lowest BCUT2D eigenvalue weighted by atomic mass is 9.98. The van der Waals surface area contributed by atoms with Crippen molar-refractivity contribution < 1.29 is 4.74 Å². The molecule has 4 rings (SSSR count). The molecule has 0 fully saturated rings. The van der Waals surface area contributed by atoms with Crippen LogP contribution in [-0.2, 0) is 18.2 Å². The van der Waals surface area contributed by atoms with Crippen molar-refractivity contribution in [3.05, 3.63) is 76.3 Å². The second-order valence-electron chi connectivity index (χ2n) is 6.29. The van der Waals surface area contributed by atoms with Crippen molar-refractivity contribution in [3.8, 4) is 11.3 Å². The SMILES string of the molecule is Cn1c(NCC2OCCc3ccccc32)nc(-c2ccncc2)cc1=O. The Morgan fingerprint density at radius 3 is 2.88 bits per heavy atom. The maximum atomic E-state index is 12.3. The number of pyridine rings is 1. The average Bonchev–Trinajstić information content (AvgIpc) is 2.69. The van der Waals surface area contributed by atoms with Crippen LogP contribution in [0.1, 0.15) is 17.2 Å². The largest absolute Gasteiger partial charge is 0.371 e. The highest BCUT2D eigenvalue weighted by atomic mass is 16.5. The number of benzene rings is 1. The maximum Gasteiger partial charge on any atom is 0.255 e. The van der Waals surface area contributed by atoms with Crippen molar-refractivity contribution in [1.29, 1.82) is 0 Å². The van der Waals surface area contributed by atoms with E-state index in [0.29, 0.717) is 24.8 Å². The highest BCUT2D eigenvalue weighted by molar-refractivity contribution is 5.59.